The molecule has 184 valence electrons. The number of nitrogens with zero attached hydrogens (tertiary/aromatic N) is 1. The molecule has 0 saturated carbocycles. The number of hydrogen-bond donors (Lipinski definition) is 3. The standard InChI is InChI=1S/C25H38N4O3.HI/c1-3-26-24(27-14-8-15-31-19-23-11-7-16-32-23)28-20-25(12-17-30-18-13-25)29-21(2)22-9-5-4-6-10-22;/h4-7,9-11,16,21,29H,3,8,12-15,17-20H2,1-2H3,(H2,26,27,28);1H. The van der Waals surface area contributed by atoms with Gasteiger partial charge in [-0.2, -0.15) is 0 Å². The van der Waals surface area contributed by atoms with Crippen LogP contribution >= 0.6 is 24.0 Å². The summed E-state index contributed by atoms with van der Waals surface area (Å²) < 4.78 is 16.6. The van der Waals surface area contributed by atoms with E-state index in [1.54, 1.807) is 6.26 Å². The Bertz CT molecular complexity index is 780. The van der Waals surface area contributed by atoms with Crippen LogP contribution in [0.3, 0.4) is 0 Å². The van der Waals surface area contributed by atoms with Gasteiger partial charge in [-0.15, -0.1) is 24.0 Å². The van der Waals surface area contributed by atoms with Crippen LogP contribution in [-0.4, -0.2) is 51.0 Å². The normalized spacial score (nSPS) is 16.6. The zero-order valence-corrected chi connectivity index (χ0v) is 22.2. The molecule has 1 saturated heterocycles. The van der Waals surface area contributed by atoms with Crippen LogP contribution < -0.4 is 16.0 Å². The molecule has 2 aromatic rings. The Kier molecular flexibility index (Phi) is 12.8. The van der Waals surface area contributed by atoms with Crippen molar-refractivity contribution in [3.63, 3.8) is 0 Å². The predicted octanol–water partition coefficient (Wildman–Crippen LogP) is 4.26. The lowest BCUT2D eigenvalue weighted by Gasteiger charge is -2.39. The van der Waals surface area contributed by atoms with E-state index in [2.05, 4.69) is 60.1 Å². The predicted molar refractivity (Wildman–Crippen MR) is 143 cm³/mol. The second kappa shape index (κ2) is 15.3. The third-order valence-electron chi connectivity index (χ3n) is 5.74. The van der Waals surface area contributed by atoms with Crippen molar-refractivity contribution in [2.75, 3.05) is 39.5 Å². The molecule has 1 atom stereocenters. The first-order valence-corrected chi connectivity index (χ1v) is 11.7. The number of benzene rings is 1. The van der Waals surface area contributed by atoms with Crippen LogP contribution in [0.15, 0.2) is 58.1 Å². The summed E-state index contributed by atoms with van der Waals surface area (Å²) >= 11 is 0. The minimum Gasteiger partial charge on any atom is -0.467 e. The highest BCUT2D eigenvalue weighted by atomic mass is 127. The molecular formula is C25H39IN4O3. The maximum Gasteiger partial charge on any atom is 0.191 e. The van der Waals surface area contributed by atoms with E-state index in [0.29, 0.717) is 19.8 Å². The molecule has 0 radical (unpaired) electrons. The molecule has 1 aromatic heterocycles. The van der Waals surface area contributed by atoms with Crippen molar-refractivity contribution < 1.29 is 13.9 Å². The van der Waals surface area contributed by atoms with Crippen LogP contribution in [0.1, 0.15) is 50.5 Å². The monoisotopic (exact) mass is 570 g/mol. The first-order chi connectivity index (χ1) is 15.7. The highest BCUT2D eigenvalue weighted by Crippen LogP contribution is 2.26. The van der Waals surface area contributed by atoms with Crippen LogP contribution in [0.25, 0.3) is 0 Å². The van der Waals surface area contributed by atoms with Crippen molar-refractivity contribution in [2.24, 2.45) is 4.99 Å². The minimum absolute atomic E-state index is 0. The van der Waals surface area contributed by atoms with Crippen molar-refractivity contribution in [3.05, 3.63) is 60.1 Å². The smallest absolute Gasteiger partial charge is 0.191 e. The van der Waals surface area contributed by atoms with Gasteiger partial charge in [0.05, 0.1) is 12.8 Å². The van der Waals surface area contributed by atoms with Gasteiger partial charge in [0.15, 0.2) is 5.96 Å². The highest BCUT2D eigenvalue weighted by molar-refractivity contribution is 14.0. The van der Waals surface area contributed by atoms with Gasteiger partial charge in [0.1, 0.15) is 12.4 Å². The van der Waals surface area contributed by atoms with Crippen LogP contribution in [0.2, 0.25) is 0 Å². The molecule has 0 aliphatic carbocycles. The first-order valence-electron chi connectivity index (χ1n) is 11.7. The summed E-state index contributed by atoms with van der Waals surface area (Å²) in [5, 5.41) is 10.7. The summed E-state index contributed by atoms with van der Waals surface area (Å²) in [7, 11) is 0. The zero-order chi connectivity index (χ0) is 22.5. The molecule has 0 amide bonds. The molecule has 1 aliphatic rings. The van der Waals surface area contributed by atoms with E-state index in [0.717, 1.165) is 57.3 Å². The number of furan rings is 1. The Balaban J connectivity index is 0.00000385. The topological polar surface area (TPSA) is 80.1 Å². The molecule has 8 heteroatoms. The molecule has 0 bridgehead atoms. The lowest BCUT2D eigenvalue weighted by atomic mass is 9.88. The first kappa shape index (κ1) is 27.6. The van der Waals surface area contributed by atoms with Crippen molar-refractivity contribution in [1.82, 2.24) is 16.0 Å². The van der Waals surface area contributed by atoms with Crippen molar-refractivity contribution >= 4 is 29.9 Å². The fraction of sp³-hybridized carbons (Fsp3) is 0.560. The van der Waals surface area contributed by atoms with Gasteiger partial charge in [-0.05, 0) is 50.8 Å². The van der Waals surface area contributed by atoms with Crippen molar-refractivity contribution in [3.8, 4) is 0 Å². The SMILES string of the molecule is CCNC(=NCC1(NC(C)c2ccccc2)CCOCC1)NCCCOCc1ccco1.I. The van der Waals surface area contributed by atoms with Gasteiger partial charge in [0.2, 0.25) is 0 Å². The highest BCUT2D eigenvalue weighted by Gasteiger charge is 2.34. The Morgan fingerprint density at radius 2 is 1.91 bits per heavy atom. The van der Waals surface area contributed by atoms with Gasteiger partial charge in [0, 0.05) is 44.5 Å². The lowest BCUT2D eigenvalue weighted by molar-refractivity contribution is 0.0374. The average Bonchev–Trinajstić information content (AvgIpc) is 3.34. The van der Waals surface area contributed by atoms with E-state index in [1.165, 1.54) is 5.56 Å². The zero-order valence-electron chi connectivity index (χ0n) is 19.8. The Hall–Kier alpha value is -1.62. The number of ether oxygens (including phenoxy) is 2. The quantitative estimate of drug-likeness (QED) is 0.153. The van der Waals surface area contributed by atoms with E-state index in [1.807, 2.05) is 12.1 Å². The summed E-state index contributed by atoms with van der Waals surface area (Å²) in [6, 6.07) is 14.6. The second-order valence-electron chi connectivity index (χ2n) is 8.28. The van der Waals surface area contributed by atoms with E-state index < -0.39 is 0 Å². The number of rotatable bonds is 12. The largest absolute Gasteiger partial charge is 0.467 e. The maximum absolute atomic E-state index is 5.66. The fourth-order valence-electron chi connectivity index (χ4n) is 3.92. The number of guanidine groups is 1. The number of aliphatic imine (C=N–C) groups is 1. The van der Waals surface area contributed by atoms with Crippen molar-refractivity contribution in [2.45, 2.75) is 51.3 Å². The van der Waals surface area contributed by atoms with Gasteiger partial charge < -0.3 is 29.8 Å². The van der Waals surface area contributed by atoms with E-state index in [4.69, 9.17) is 18.9 Å². The van der Waals surface area contributed by atoms with E-state index in [-0.39, 0.29) is 35.6 Å². The molecule has 1 aliphatic heterocycles. The molecular weight excluding hydrogens is 531 g/mol. The van der Waals surface area contributed by atoms with E-state index in [9.17, 15) is 0 Å². The molecule has 1 unspecified atom stereocenters. The summed E-state index contributed by atoms with van der Waals surface area (Å²) in [6.07, 6.45) is 4.47. The van der Waals surface area contributed by atoms with Gasteiger partial charge in [0.25, 0.3) is 0 Å². The molecule has 3 N–H and O–H groups in total. The molecule has 1 fully saturated rings. The third-order valence-corrected chi connectivity index (χ3v) is 5.74. The molecule has 0 spiro atoms. The average molecular weight is 571 g/mol. The van der Waals surface area contributed by atoms with Gasteiger partial charge in [-0.3, -0.25) is 4.99 Å². The number of halogens is 1. The maximum atomic E-state index is 5.66. The molecule has 3 rings (SSSR count). The van der Waals surface area contributed by atoms with Gasteiger partial charge in [-0.1, -0.05) is 30.3 Å². The summed E-state index contributed by atoms with van der Waals surface area (Å²) in [5.41, 5.74) is 1.23. The van der Waals surface area contributed by atoms with Crippen LogP contribution in [0.4, 0.5) is 0 Å². The minimum atomic E-state index is -0.0674. The Morgan fingerprint density at radius 1 is 1.12 bits per heavy atom. The van der Waals surface area contributed by atoms with Crippen LogP contribution in [-0.2, 0) is 16.1 Å². The van der Waals surface area contributed by atoms with Gasteiger partial charge in [-0.25, -0.2) is 0 Å². The van der Waals surface area contributed by atoms with Gasteiger partial charge >= 0.3 is 0 Å². The summed E-state index contributed by atoms with van der Waals surface area (Å²) in [5.74, 6) is 1.70. The second-order valence-corrected chi connectivity index (χ2v) is 8.28. The van der Waals surface area contributed by atoms with E-state index >= 15 is 0 Å². The fourth-order valence-corrected chi connectivity index (χ4v) is 3.92. The number of nitrogens with one attached hydrogen (secondary N) is 3. The summed E-state index contributed by atoms with van der Waals surface area (Å²) in [6.45, 7) is 9.35. The summed E-state index contributed by atoms with van der Waals surface area (Å²) in [4.78, 5) is 4.94. The van der Waals surface area contributed by atoms with Crippen LogP contribution in [0, 0.1) is 0 Å². The third kappa shape index (κ3) is 9.64. The van der Waals surface area contributed by atoms with Crippen LogP contribution in [0.5, 0.6) is 0 Å². The molecule has 1 aromatic carbocycles. The molecule has 2 heterocycles. The molecule has 33 heavy (non-hydrogen) atoms. The molecule has 7 nitrogen and oxygen atoms in total. The van der Waals surface area contributed by atoms with Crippen molar-refractivity contribution in [1.29, 1.82) is 0 Å². The Labute approximate surface area is 215 Å². The lowest BCUT2D eigenvalue weighted by Crippen LogP contribution is -2.53. The number of hydrogen-bond acceptors (Lipinski definition) is 5. The Morgan fingerprint density at radius 3 is 2.61 bits per heavy atom.